The van der Waals surface area contributed by atoms with E-state index in [1.807, 2.05) is 0 Å². The van der Waals surface area contributed by atoms with Crippen molar-refractivity contribution in [2.75, 3.05) is 6.54 Å². The van der Waals surface area contributed by atoms with E-state index in [0.717, 1.165) is 4.90 Å². The lowest BCUT2D eigenvalue weighted by Crippen LogP contribution is -2.68. The number of piperazine rings is 1. The molecule has 0 saturated carbocycles. The van der Waals surface area contributed by atoms with Crippen LogP contribution in [0.5, 0.6) is 0 Å². The molecule has 86 valence electrons. The molecule has 0 radical (unpaired) electrons. The fourth-order valence-electron chi connectivity index (χ4n) is 1.52. The number of carbonyl (C=O) groups excluding carboxylic acids is 2. The molecule has 1 atom stereocenters. The van der Waals surface area contributed by atoms with Crippen LogP contribution in [0.1, 0.15) is 20.8 Å². The molecule has 1 N–H and O–H groups in total. The SMILES string of the molecule is CC1NC(=O)C(C)(C)N(CC(F)F)C1=O. The van der Waals surface area contributed by atoms with Gasteiger partial charge in [0.2, 0.25) is 11.8 Å². The zero-order valence-electron chi connectivity index (χ0n) is 8.88. The molecular weight excluding hydrogens is 206 g/mol. The number of amides is 2. The first-order valence-electron chi connectivity index (χ1n) is 4.67. The first kappa shape index (κ1) is 11.9. The largest absolute Gasteiger partial charge is 0.343 e. The van der Waals surface area contributed by atoms with Crippen LogP contribution < -0.4 is 5.32 Å². The Hall–Kier alpha value is -1.20. The van der Waals surface area contributed by atoms with Crippen molar-refractivity contribution in [2.45, 2.75) is 38.8 Å². The maximum Gasteiger partial charge on any atom is 0.255 e. The summed E-state index contributed by atoms with van der Waals surface area (Å²) >= 11 is 0. The molecular formula is C9H14F2N2O2. The summed E-state index contributed by atoms with van der Waals surface area (Å²) in [6.45, 7) is 3.68. The van der Waals surface area contributed by atoms with Crippen LogP contribution in [-0.2, 0) is 9.59 Å². The highest BCUT2D eigenvalue weighted by Crippen LogP contribution is 2.21. The van der Waals surface area contributed by atoms with Crippen molar-refractivity contribution in [3.05, 3.63) is 0 Å². The minimum absolute atomic E-state index is 0.407. The van der Waals surface area contributed by atoms with E-state index in [-0.39, 0.29) is 0 Å². The van der Waals surface area contributed by atoms with Crippen molar-refractivity contribution in [2.24, 2.45) is 0 Å². The molecule has 0 spiro atoms. The smallest absolute Gasteiger partial charge is 0.255 e. The predicted octanol–water partition coefficient (Wildman–Crippen LogP) is 0.377. The van der Waals surface area contributed by atoms with Gasteiger partial charge < -0.3 is 10.2 Å². The molecule has 4 nitrogen and oxygen atoms in total. The van der Waals surface area contributed by atoms with Gasteiger partial charge in [0, 0.05) is 0 Å². The first-order valence-corrected chi connectivity index (χ1v) is 4.67. The van der Waals surface area contributed by atoms with Crippen molar-refractivity contribution < 1.29 is 18.4 Å². The van der Waals surface area contributed by atoms with Gasteiger partial charge in [-0.2, -0.15) is 0 Å². The van der Waals surface area contributed by atoms with Gasteiger partial charge in [-0.05, 0) is 20.8 Å². The van der Waals surface area contributed by atoms with Crippen molar-refractivity contribution in [3.63, 3.8) is 0 Å². The van der Waals surface area contributed by atoms with Gasteiger partial charge in [-0.1, -0.05) is 0 Å². The molecule has 1 aliphatic rings. The van der Waals surface area contributed by atoms with Crippen LogP contribution in [0.15, 0.2) is 0 Å². The summed E-state index contributed by atoms with van der Waals surface area (Å²) in [5.41, 5.74) is -1.21. The second-order valence-electron chi connectivity index (χ2n) is 4.09. The van der Waals surface area contributed by atoms with Gasteiger partial charge in [0.05, 0.1) is 6.54 Å². The molecule has 6 heteroatoms. The molecule has 1 heterocycles. The van der Waals surface area contributed by atoms with E-state index in [4.69, 9.17) is 0 Å². The fraction of sp³-hybridized carbons (Fsp3) is 0.778. The Morgan fingerprint density at radius 1 is 1.47 bits per heavy atom. The molecule has 0 aromatic heterocycles. The van der Waals surface area contributed by atoms with E-state index < -0.39 is 36.4 Å². The summed E-state index contributed by atoms with van der Waals surface area (Å²) in [5.74, 6) is -0.879. The summed E-state index contributed by atoms with van der Waals surface area (Å²) in [5, 5.41) is 2.45. The van der Waals surface area contributed by atoms with Crippen LogP contribution in [0, 0.1) is 0 Å². The Labute approximate surface area is 86.6 Å². The summed E-state index contributed by atoms with van der Waals surface area (Å²) in [7, 11) is 0. The molecule has 0 aromatic carbocycles. The van der Waals surface area contributed by atoms with Gasteiger partial charge in [0.1, 0.15) is 11.6 Å². The van der Waals surface area contributed by atoms with Gasteiger partial charge in [-0.15, -0.1) is 0 Å². The molecule has 2 amide bonds. The number of alkyl halides is 2. The summed E-state index contributed by atoms with van der Waals surface area (Å²) in [6.07, 6.45) is -2.63. The number of halogens is 2. The average Bonchev–Trinajstić information content (AvgIpc) is 2.10. The average molecular weight is 220 g/mol. The Morgan fingerprint density at radius 3 is 2.47 bits per heavy atom. The molecule has 1 fully saturated rings. The second kappa shape index (κ2) is 3.75. The molecule has 1 aliphatic heterocycles. The van der Waals surface area contributed by atoms with E-state index in [9.17, 15) is 18.4 Å². The van der Waals surface area contributed by atoms with Crippen LogP contribution in [0.4, 0.5) is 8.78 Å². The summed E-state index contributed by atoms with van der Waals surface area (Å²) in [4.78, 5) is 24.0. The van der Waals surface area contributed by atoms with Gasteiger partial charge in [0.25, 0.3) is 6.43 Å². The minimum Gasteiger partial charge on any atom is -0.343 e. The van der Waals surface area contributed by atoms with Crippen LogP contribution in [0.3, 0.4) is 0 Å². The molecule has 1 saturated heterocycles. The Bertz CT molecular complexity index is 292. The van der Waals surface area contributed by atoms with Crippen molar-refractivity contribution in [3.8, 4) is 0 Å². The topological polar surface area (TPSA) is 49.4 Å². The highest BCUT2D eigenvalue weighted by atomic mass is 19.3. The van der Waals surface area contributed by atoms with Crippen LogP contribution in [0.2, 0.25) is 0 Å². The van der Waals surface area contributed by atoms with E-state index in [0.29, 0.717) is 0 Å². The second-order valence-corrected chi connectivity index (χ2v) is 4.09. The third-order valence-electron chi connectivity index (χ3n) is 2.54. The maximum atomic E-state index is 12.3. The lowest BCUT2D eigenvalue weighted by molar-refractivity contribution is -0.157. The molecule has 15 heavy (non-hydrogen) atoms. The fourth-order valence-corrected chi connectivity index (χ4v) is 1.52. The quantitative estimate of drug-likeness (QED) is 0.731. The molecule has 1 unspecified atom stereocenters. The third-order valence-corrected chi connectivity index (χ3v) is 2.54. The van der Waals surface area contributed by atoms with E-state index in [1.165, 1.54) is 20.8 Å². The first-order chi connectivity index (χ1) is 6.76. The minimum atomic E-state index is -2.63. The number of nitrogens with zero attached hydrogens (tertiary/aromatic N) is 1. The number of hydrogen-bond donors (Lipinski definition) is 1. The summed E-state index contributed by atoms with van der Waals surface area (Å²) in [6, 6.07) is -0.732. The Balaban J connectivity index is 2.95. The Morgan fingerprint density at radius 2 is 2.00 bits per heavy atom. The lowest BCUT2D eigenvalue weighted by atomic mass is 9.96. The van der Waals surface area contributed by atoms with Crippen molar-refractivity contribution in [1.29, 1.82) is 0 Å². The van der Waals surface area contributed by atoms with Crippen LogP contribution in [-0.4, -0.2) is 41.3 Å². The maximum absolute atomic E-state index is 12.3. The van der Waals surface area contributed by atoms with Crippen LogP contribution >= 0.6 is 0 Å². The summed E-state index contributed by atoms with van der Waals surface area (Å²) < 4.78 is 24.5. The van der Waals surface area contributed by atoms with E-state index in [1.54, 1.807) is 0 Å². The van der Waals surface area contributed by atoms with Crippen molar-refractivity contribution >= 4 is 11.8 Å². The lowest BCUT2D eigenvalue weighted by Gasteiger charge is -2.43. The number of hydrogen-bond acceptors (Lipinski definition) is 2. The van der Waals surface area contributed by atoms with Gasteiger partial charge in [0.15, 0.2) is 0 Å². The monoisotopic (exact) mass is 220 g/mol. The Kier molecular flexibility index (Phi) is 2.97. The predicted molar refractivity (Wildman–Crippen MR) is 49.4 cm³/mol. The number of carbonyl (C=O) groups is 2. The molecule has 1 rings (SSSR count). The van der Waals surface area contributed by atoms with Crippen LogP contribution in [0.25, 0.3) is 0 Å². The molecule has 0 aromatic rings. The third kappa shape index (κ3) is 2.08. The highest BCUT2D eigenvalue weighted by Gasteiger charge is 2.45. The highest BCUT2D eigenvalue weighted by molar-refractivity contribution is 5.99. The normalized spacial score (nSPS) is 25.7. The molecule has 0 aliphatic carbocycles. The van der Waals surface area contributed by atoms with Gasteiger partial charge >= 0.3 is 0 Å². The standard InChI is InChI=1S/C9H14F2N2O2/c1-5-7(14)13(4-6(10)11)9(2,3)8(15)12-5/h5-6H,4H2,1-3H3,(H,12,15). The molecule has 0 bridgehead atoms. The van der Waals surface area contributed by atoms with E-state index >= 15 is 0 Å². The zero-order valence-corrected chi connectivity index (χ0v) is 8.88. The number of nitrogens with one attached hydrogen (secondary N) is 1. The zero-order chi connectivity index (χ0) is 11.8. The number of rotatable bonds is 2. The van der Waals surface area contributed by atoms with E-state index in [2.05, 4.69) is 5.32 Å². The van der Waals surface area contributed by atoms with Gasteiger partial charge in [-0.3, -0.25) is 9.59 Å². The van der Waals surface area contributed by atoms with Gasteiger partial charge in [-0.25, -0.2) is 8.78 Å². The van der Waals surface area contributed by atoms with Crippen molar-refractivity contribution in [1.82, 2.24) is 10.2 Å².